The summed E-state index contributed by atoms with van der Waals surface area (Å²) < 4.78 is 6.75. The molecule has 0 unspecified atom stereocenters. The van der Waals surface area contributed by atoms with Crippen molar-refractivity contribution in [2.45, 2.75) is 0 Å². The Morgan fingerprint density at radius 1 is 1.31 bits per heavy atom. The fourth-order valence-electron chi connectivity index (χ4n) is 1.70. The zero-order chi connectivity index (χ0) is 11.7. The van der Waals surface area contributed by atoms with Gasteiger partial charge in [0.25, 0.3) is 0 Å². The van der Waals surface area contributed by atoms with Crippen molar-refractivity contribution in [3.63, 3.8) is 0 Å². The topological polar surface area (TPSA) is 12.5 Å². The minimum absolute atomic E-state index is 0.725. The quantitative estimate of drug-likeness (QED) is 0.814. The molecule has 1 aromatic carbocycles. The van der Waals surface area contributed by atoms with Gasteiger partial charge in [-0.15, -0.1) is 0 Å². The van der Waals surface area contributed by atoms with Crippen LogP contribution in [-0.4, -0.2) is 7.05 Å². The van der Waals surface area contributed by atoms with E-state index in [0.717, 1.165) is 27.4 Å². The summed E-state index contributed by atoms with van der Waals surface area (Å²) in [5.74, 6) is 1.54. The third-order valence-corrected chi connectivity index (χ3v) is 2.99. The second kappa shape index (κ2) is 4.18. The SMILES string of the molecule is C=CC1=C(C=C)N(C)c2ccc(Br)cc2O1. The maximum Gasteiger partial charge on any atom is 0.152 e. The number of hydrogen-bond donors (Lipinski definition) is 0. The van der Waals surface area contributed by atoms with Crippen molar-refractivity contribution < 1.29 is 4.74 Å². The normalized spacial score (nSPS) is 14.2. The van der Waals surface area contributed by atoms with Crippen molar-refractivity contribution in [3.05, 3.63) is 59.4 Å². The molecule has 0 radical (unpaired) electrons. The van der Waals surface area contributed by atoms with E-state index in [1.807, 2.05) is 30.1 Å². The molecule has 1 heterocycles. The highest BCUT2D eigenvalue weighted by molar-refractivity contribution is 9.10. The van der Waals surface area contributed by atoms with E-state index < -0.39 is 0 Å². The molecule has 0 saturated heterocycles. The Kier molecular flexibility index (Phi) is 2.88. The van der Waals surface area contributed by atoms with Gasteiger partial charge < -0.3 is 9.64 Å². The molecule has 0 fully saturated rings. The largest absolute Gasteiger partial charge is 0.453 e. The van der Waals surface area contributed by atoms with Crippen LogP contribution in [0.3, 0.4) is 0 Å². The molecule has 0 N–H and O–H groups in total. The molecular weight excluding hydrogens is 266 g/mol. The van der Waals surface area contributed by atoms with Crippen molar-refractivity contribution >= 4 is 21.6 Å². The standard InChI is InChI=1S/C13H12BrNO/c1-4-10-12(5-2)16-13-8-9(14)6-7-11(13)15(10)3/h4-8H,1-2H2,3H3. The fourth-order valence-corrected chi connectivity index (χ4v) is 2.04. The first-order valence-electron chi connectivity index (χ1n) is 4.87. The van der Waals surface area contributed by atoms with Gasteiger partial charge in [-0.3, -0.25) is 0 Å². The highest BCUT2D eigenvalue weighted by atomic mass is 79.9. The molecule has 0 amide bonds. The average molecular weight is 278 g/mol. The van der Waals surface area contributed by atoms with Crippen molar-refractivity contribution in [2.75, 3.05) is 11.9 Å². The summed E-state index contributed by atoms with van der Waals surface area (Å²) >= 11 is 3.42. The lowest BCUT2D eigenvalue weighted by Crippen LogP contribution is -2.23. The number of allylic oxidation sites excluding steroid dienone is 2. The van der Waals surface area contributed by atoms with Crippen molar-refractivity contribution in [3.8, 4) is 5.75 Å². The average Bonchev–Trinajstić information content (AvgIpc) is 2.28. The predicted octanol–water partition coefficient (Wildman–Crippen LogP) is 3.86. The number of hydrogen-bond acceptors (Lipinski definition) is 2. The second-order valence-electron chi connectivity index (χ2n) is 3.43. The number of anilines is 1. The molecule has 1 aromatic rings. The summed E-state index contributed by atoms with van der Waals surface area (Å²) in [6.45, 7) is 7.53. The van der Waals surface area contributed by atoms with Crippen molar-refractivity contribution in [1.29, 1.82) is 0 Å². The molecule has 0 aromatic heterocycles. The van der Waals surface area contributed by atoms with E-state index in [1.165, 1.54) is 0 Å². The molecule has 2 rings (SSSR count). The van der Waals surface area contributed by atoms with E-state index in [2.05, 4.69) is 29.1 Å². The van der Waals surface area contributed by atoms with Crippen molar-refractivity contribution in [2.24, 2.45) is 0 Å². The molecule has 1 aliphatic rings. The van der Waals surface area contributed by atoms with Crippen LogP contribution in [0.15, 0.2) is 59.4 Å². The number of likely N-dealkylation sites (N-methyl/N-ethyl adjacent to an activating group) is 1. The van der Waals surface area contributed by atoms with Crippen LogP contribution >= 0.6 is 15.9 Å². The number of fused-ring (bicyclic) bond motifs is 1. The molecule has 0 spiro atoms. The van der Waals surface area contributed by atoms with Gasteiger partial charge in [-0.05, 0) is 30.4 Å². The summed E-state index contributed by atoms with van der Waals surface area (Å²) in [5.41, 5.74) is 1.94. The van der Waals surface area contributed by atoms with Crippen LogP contribution < -0.4 is 9.64 Å². The van der Waals surface area contributed by atoms with Crippen LogP contribution in [0.5, 0.6) is 5.75 Å². The molecule has 1 aliphatic heterocycles. The summed E-state index contributed by atoms with van der Waals surface area (Å²) in [4.78, 5) is 2.04. The summed E-state index contributed by atoms with van der Waals surface area (Å²) in [5, 5.41) is 0. The molecule has 3 heteroatoms. The number of halogens is 1. The van der Waals surface area contributed by atoms with E-state index in [4.69, 9.17) is 4.74 Å². The molecule has 0 aliphatic carbocycles. The molecule has 82 valence electrons. The minimum atomic E-state index is 0.725. The van der Waals surface area contributed by atoms with Gasteiger partial charge in [0.2, 0.25) is 0 Å². The first kappa shape index (κ1) is 11.0. The number of nitrogens with zero attached hydrogens (tertiary/aromatic N) is 1. The van der Waals surface area contributed by atoms with Crippen LogP contribution in [0.25, 0.3) is 0 Å². The molecule has 0 saturated carbocycles. The second-order valence-corrected chi connectivity index (χ2v) is 4.35. The highest BCUT2D eigenvalue weighted by Gasteiger charge is 2.20. The molecule has 2 nitrogen and oxygen atoms in total. The van der Waals surface area contributed by atoms with Gasteiger partial charge in [-0.25, -0.2) is 0 Å². The fraction of sp³-hybridized carbons (Fsp3) is 0.0769. The zero-order valence-electron chi connectivity index (χ0n) is 9.03. The number of benzene rings is 1. The van der Waals surface area contributed by atoms with Gasteiger partial charge in [-0.2, -0.15) is 0 Å². The Hall–Kier alpha value is -1.48. The van der Waals surface area contributed by atoms with Gasteiger partial charge in [0, 0.05) is 11.5 Å². The number of ether oxygens (including phenoxy) is 1. The lowest BCUT2D eigenvalue weighted by Gasteiger charge is -2.29. The summed E-state index contributed by atoms with van der Waals surface area (Å²) in [7, 11) is 1.98. The molecular formula is C13H12BrNO. The van der Waals surface area contributed by atoms with E-state index in [0.29, 0.717) is 0 Å². The summed E-state index contributed by atoms with van der Waals surface area (Å²) in [6, 6.07) is 5.93. The van der Waals surface area contributed by atoms with Gasteiger partial charge >= 0.3 is 0 Å². The minimum Gasteiger partial charge on any atom is -0.453 e. The maximum absolute atomic E-state index is 5.75. The van der Waals surface area contributed by atoms with Gasteiger partial charge in [0.1, 0.15) is 0 Å². The summed E-state index contributed by atoms with van der Waals surface area (Å²) in [6.07, 6.45) is 3.46. The lowest BCUT2D eigenvalue weighted by atomic mass is 10.2. The number of rotatable bonds is 2. The first-order chi connectivity index (χ1) is 7.67. The third-order valence-electron chi connectivity index (χ3n) is 2.50. The first-order valence-corrected chi connectivity index (χ1v) is 5.67. The molecule has 16 heavy (non-hydrogen) atoms. The Morgan fingerprint density at radius 2 is 2.06 bits per heavy atom. The van der Waals surface area contributed by atoms with Crippen LogP contribution in [0.2, 0.25) is 0 Å². The van der Waals surface area contributed by atoms with Crippen LogP contribution in [0.4, 0.5) is 5.69 Å². The van der Waals surface area contributed by atoms with Crippen LogP contribution in [-0.2, 0) is 0 Å². The van der Waals surface area contributed by atoms with Gasteiger partial charge in [0.05, 0.1) is 11.4 Å². The van der Waals surface area contributed by atoms with Crippen LogP contribution in [0.1, 0.15) is 0 Å². The van der Waals surface area contributed by atoms with Crippen molar-refractivity contribution in [1.82, 2.24) is 0 Å². The molecule has 0 bridgehead atoms. The lowest BCUT2D eigenvalue weighted by molar-refractivity contribution is 0.429. The Labute approximate surface area is 104 Å². The highest BCUT2D eigenvalue weighted by Crippen LogP contribution is 2.38. The van der Waals surface area contributed by atoms with E-state index in [9.17, 15) is 0 Å². The Bertz CT molecular complexity index is 491. The predicted molar refractivity (Wildman–Crippen MR) is 70.6 cm³/mol. The van der Waals surface area contributed by atoms with E-state index in [-0.39, 0.29) is 0 Å². The Morgan fingerprint density at radius 3 is 2.69 bits per heavy atom. The monoisotopic (exact) mass is 277 g/mol. The Balaban J connectivity index is 2.56. The van der Waals surface area contributed by atoms with Gasteiger partial charge in [-0.1, -0.05) is 29.1 Å². The maximum atomic E-state index is 5.75. The third kappa shape index (κ3) is 1.67. The van der Waals surface area contributed by atoms with Gasteiger partial charge in [0.15, 0.2) is 11.5 Å². The van der Waals surface area contributed by atoms with Crippen LogP contribution in [0, 0.1) is 0 Å². The smallest absolute Gasteiger partial charge is 0.152 e. The van der Waals surface area contributed by atoms with E-state index >= 15 is 0 Å². The zero-order valence-corrected chi connectivity index (χ0v) is 10.6. The van der Waals surface area contributed by atoms with E-state index in [1.54, 1.807) is 12.2 Å². The molecule has 0 atom stereocenters.